The average Bonchev–Trinajstić information content (AvgIpc) is 3.07. The van der Waals surface area contributed by atoms with Crippen LogP contribution >= 0.6 is 0 Å². The van der Waals surface area contributed by atoms with Gasteiger partial charge < -0.3 is 0 Å². The van der Waals surface area contributed by atoms with Crippen LogP contribution in [-0.4, -0.2) is 43.4 Å². The van der Waals surface area contributed by atoms with Crippen LogP contribution in [0.3, 0.4) is 0 Å². The molecule has 24 heavy (non-hydrogen) atoms. The summed E-state index contributed by atoms with van der Waals surface area (Å²) in [4.78, 5) is 12.8. The molecule has 4 aromatic rings. The van der Waals surface area contributed by atoms with Crippen LogP contribution in [0, 0.1) is 0 Å². The van der Waals surface area contributed by atoms with Crippen molar-refractivity contribution >= 4 is 36.8 Å². The third-order valence-electron chi connectivity index (χ3n) is 4.34. The summed E-state index contributed by atoms with van der Waals surface area (Å²) >= 11 is 0.751. The van der Waals surface area contributed by atoms with E-state index in [1.807, 2.05) is 18.7 Å². The van der Waals surface area contributed by atoms with E-state index < -0.39 is 0 Å². The second-order valence-corrected chi connectivity index (χ2v) is 8.20. The number of benzene rings is 2. The standard InChI is InChI=1S/C19H15N4.Tl/c1-13(19-10-22-12-23-19)17-4-2-3-14-5-6-15(7-18(14)17)16-8-20-11-21-9-16;/h2-13H,1H3;/q-1;+1. The topological polar surface area (TPSA) is 43.6 Å². The molecule has 0 bridgehead atoms. The second-order valence-electron chi connectivity index (χ2n) is 5.88. The minimum absolute atomic E-state index is 0.260. The van der Waals surface area contributed by atoms with Gasteiger partial charge in [0.05, 0.1) is 0 Å². The Kier molecular flexibility index (Phi) is 4.14. The van der Waals surface area contributed by atoms with Crippen LogP contribution in [-0.2, 0) is 0 Å². The van der Waals surface area contributed by atoms with Gasteiger partial charge in [0.1, 0.15) is 0 Å². The molecule has 0 aliphatic rings. The van der Waals surface area contributed by atoms with Crippen molar-refractivity contribution < 1.29 is 0 Å². The fraction of sp³-hybridized carbons (Fsp3) is 0.105. The Labute approximate surface area is 156 Å². The molecule has 0 fully saturated rings. The van der Waals surface area contributed by atoms with E-state index >= 15 is 0 Å². The second kappa shape index (κ2) is 6.43. The normalized spacial score (nSPS) is 12.3. The maximum absolute atomic E-state index is 4.56. The van der Waals surface area contributed by atoms with Crippen molar-refractivity contribution in [2.24, 2.45) is 0 Å². The van der Waals surface area contributed by atoms with Crippen LogP contribution in [0.2, 0.25) is 0 Å². The summed E-state index contributed by atoms with van der Waals surface area (Å²) in [7, 11) is 0. The van der Waals surface area contributed by atoms with Gasteiger partial charge in [0.25, 0.3) is 0 Å². The van der Waals surface area contributed by atoms with Crippen molar-refractivity contribution in [3.63, 3.8) is 0 Å². The van der Waals surface area contributed by atoms with Gasteiger partial charge in [-0.05, 0) is 0 Å². The molecule has 0 N–H and O–H groups in total. The number of nitrogens with zero attached hydrogens (tertiary/aromatic N) is 4. The molecule has 2 heterocycles. The fourth-order valence-corrected chi connectivity index (χ4v) is 3.89. The Morgan fingerprint density at radius 1 is 1.04 bits per heavy atom. The molecule has 0 aliphatic carbocycles. The zero-order chi connectivity index (χ0) is 16.5. The zero-order valence-corrected chi connectivity index (χ0v) is 17.8. The summed E-state index contributed by atoms with van der Waals surface area (Å²) < 4.78 is 2.16. The Hall–Kier alpha value is -2.09. The molecule has 0 radical (unpaired) electrons. The number of fused-ring (bicyclic) bond motifs is 1. The van der Waals surface area contributed by atoms with Gasteiger partial charge in [0.2, 0.25) is 0 Å². The van der Waals surface area contributed by atoms with Crippen molar-refractivity contribution in [1.82, 2.24) is 17.3 Å². The quantitative estimate of drug-likeness (QED) is 0.402. The molecule has 114 valence electrons. The van der Waals surface area contributed by atoms with Crippen LogP contribution < -0.4 is 0 Å². The van der Waals surface area contributed by atoms with Crippen molar-refractivity contribution in [1.29, 1.82) is 0 Å². The fourth-order valence-electron chi connectivity index (χ4n) is 3.04. The predicted molar refractivity (Wildman–Crippen MR) is 95.9 cm³/mol. The Balaban J connectivity index is 1.86. The first kappa shape index (κ1) is 15.4. The first-order chi connectivity index (χ1) is 11.7. The van der Waals surface area contributed by atoms with Gasteiger partial charge in [0, 0.05) is 0 Å². The van der Waals surface area contributed by atoms with E-state index in [2.05, 4.69) is 66.8 Å². The molecule has 0 amide bonds. The number of hydrogen-bond acceptors (Lipinski definition) is 3. The first-order valence-electron chi connectivity index (χ1n) is 7.79. The van der Waals surface area contributed by atoms with Gasteiger partial charge in [-0.25, -0.2) is 0 Å². The van der Waals surface area contributed by atoms with Crippen molar-refractivity contribution in [3.05, 3.63) is 78.9 Å². The van der Waals surface area contributed by atoms with E-state index in [4.69, 9.17) is 0 Å². The Morgan fingerprint density at radius 3 is 2.62 bits per heavy atom. The number of aromatic nitrogens is 4. The summed E-state index contributed by atoms with van der Waals surface area (Å²) in [5.41, 5.74) is 4.60. The van der Waals surface area contributed by atoms with Gasteiger partial charge >= 0.3 is 157 Å². The molecule has 0 saturated heterocycles. The zero-order valence-electron chi connectivity index (χ0n) is 13.3. The monoisotopic (exact) mass is 504 g/mol. The molecular weight excluding hydrogens is 489 g/mol. The minimum atomic E-state index is 0.260. The van der Waals surface area contributed by atoms with E-state index in [0.29, 0.717) is 0 Å². The average molecular weight is 504 g/mol. The molecule has 4 rings (SSSR count). The van der Waals surface area contributed by atoms with E-state index in [0.717, 1.165) is 42.9 Å². The number of rotatable bonds is 3. The summed E-state index contributed by atoms with van der Waals surface area (Å²) in [6.45, 7) is 2.22. The molecule has 0 spiro atoms. The van der Waals surface area contributed by atoms with Crippen LogP contribution in [0.1, 0.15) is 24.1 Å². The van der Waals surface area contributed by atoms with Crippen LogP contribution in [0.5, 0.6) is 0 Å². The van der Waals surface area contributed by atoms with Gasteiger partial charge in [-0.2, -0.15) is 0 Å². The Morgan fingerprint density at radius 2 is 1.88 bits per heavy atom. The summed E-state index contributed by atoms with van der Waals surface area (Å²) in [6.07, 6.45) is 9.34. The molecular formula is C19H15N4Tl. The molecule has 1 atom stereocenters. The van der Waals surface area contributed by atoms with Gasteiger partial charge in [-0.15, -0.1) is 0 Å². The number of imidazole rings is 1. The molecule has 0 saturated carbocycles. The summed E-state index contributed by atoms with van der Waals surface area (Å²) in [5.74, 6) is 0.260. The van der Waals surface area contributed by atoms with E-state index in [-0.39, 0.29) is 5.92 Å². The van der Waals surface area contributed by atoms with Gasteiger partial charge in [-0.3, -0.25) is 0 Å². The van der Waals surface area contributed by atoms with E-state index in [1.54, 1.807) is 6.33 Å². The van der Waals surface area contributed by atoms with Crippen molar-refractivity contribution in [2.45, 2.75) is 12.8 Å². The van der Waals surface area contributed by atoms with Gasteiger partial charge in [-0.1, -0.05) is 0 Å². The van der Waals surface area contributed by atoms with Crippen LogP contribution in [0.15, 0.2) is 67.6 Å². The molecule has 2 aromatic carbocycles. The number of hydrogen-bond donors (Lipinski definition) is 0. The first-order valence-corrected chi connectivity index (χ1v) is 9.80. The van der Waals surface area contributed by atoms with Crippen LogP contribution in [0.25, 0.3) is 21.9 Å². The molecule has 5 heteroatoms. The van der Waals surface area contributed by atoms with Crippen molar-refractivity contribution in [3.8, 4) is 11.1 Å². The third-order valence-corrected chi connectivity index (χ3v) is 5.44. The van der Waals surface area contributed by atoms with E-state index in [1.165, 1.54) is 16.3 Å². The predicted octanol–water partition coefficient (Wildman–Crippen LogP) is 3.58. The SMILES string of the molecule is CC(c1c[n]([Tl])cn1)c1cccc2ccc(-c3cncnc3)cc12. The third kappa shape index (κ3) is 2.86. The van der Waals surface area contributed by atoms with E-state index in [9.17, 15) is 0 Å². The summed E-state index contributed by atoms with van der Waals surface area (Å²) in [5, 5.41) is 2.50. The van der Waals surface area contributed by atoms with Crippen LogP contribution in [0.4, 0.5) is 0 Å². The summed E-state index contributed by atoms with van der Waals surface area (Å²) in [6, 6.07) is 13.0. The molecule has 4 nitrogen and oxygen atoms in total. The maximum atomic E-state index is 4.56. The molecule has 0 aliphatic heterocycles. The molecule has 1 unspecified atom stereocenters. The van der Waals surface area contributed by atoms with Gasteiger partial charge in [0.15, 0.2) is 0 Å². The molecule has 2 aromatic heterocycles. The Bertz CT molecular complexity index is 995. The van der Waals surface area contributed by atoms with Crippen molar-refractivity contribution in [2.75, 3.05) is 0 Å².